The summed E-state index contributed by atoms with van der Waals surface area (Å²) in [4.78, 5) is 12.1. The van der Waals surface area contributed by atoms with Crippen LogP contribution in [0.3, 0.4) is 0 Å². The largest absolute Gasteiger partial charge is 0.507 e. The monoisotopic (exact) mass is 263 g/mol. The quantitative estimate of drug-likeness (QED) is 0.716. The van der Waals surface area contributed by atoms with Crippen LogP contribution >= 0.6 is 0 Å². The van der Waals surface area contributed by atoms with Crippen molar-refractivity contribution in [3.8, 4) is 5.75 Å². The molecular weight excluding hydrogens is 242 g/mol. The maximum atomic E-state index is 12.1. The zero-order valence-electron chi connectivity index (χ0n) is 11.2. The molecule has 4 nitrogen and oxygen atoms in total. The van der Waals surface area contributed by atoms with Crippen LogP contribution in [0, 0.1) is 6.92 Å². The van der Waals surface area contributed by atoms with Crippen LogP contribution in [-0.4, -0.2) is 28.3 Å². The zero-order valence-corrected chi connectivity index (χ0v) is 11.2. The van der Waals surface area contributed by atoms with Gasteiger partial charge in [0.2, 0.25) is 0 Å². The van der Waals surface area contributed by atoms with Gasteiger partial charge in [-0.2, -0.15) is 0 Å². The molecule has 0 bridgehead atoms. The highest BCUT2D eigenvalue weighted by Gasteiger charge is 2.24. The topological polar surface area (TPSA) is 69.6 Å². The second-order valence-corrected chi connectivity index (χ2v) is 5.31. The third-order valence-electron chi connectivity index (χ3n) is 3.69. The maximum absolute atomic E-state index is 12.1. The van der Waals surface area contributed by atoms with Crippen molar-refractivity contribution in [1.29, 1.82) is 0 Å². The Hall–Kier alpha value is -1.55. The average molecular weight is 263 g/mol. The van der Waals surface area contributed by atoms with Crippen molar-refractivity contribution in [3.63, 3.8) is 0 Å². The van der Waals surface area contributed by atoms with Gasteiger partial charge in [-0.1, -0.05) is 25.3 Å². The highest BCUT2D eigenvalue weighted by molar-refractivity contribution is 5.97. The minimum atomic E-state index is -0.487. The molecule has 1 aromatic carbocycles. The summed E-state index contributed by atoms with van der Waals surface area (Å²) < 4.78 is 0. The van der Waals surface area contributed by atoms with E-state index in [2.05, 4.69) is 5.32 Å². The van der Waals surface area contributed by atoms with Crippen LogP contribution in [0.1, 0.15) is 48.0 Å². The Labute approximate surface area is 113 Å². The van der Waals surface area contributed by atoms with Crippen molar-refractivity contribution in [2.24, 2.45) is 0 Å². The first-order valence-electron chi connectivity index (χ1n) is 6.86. The Morgan fingerprint density at radius 1 is 1.26 bits per heavy atom. The summed E-state index contributed by atoms with van der Waals surface area (Å²) in [6.45, 7) is 1.86. The number of aliphatic hydroxyl groups excluding tert-OH is 1. The second-order valence-electron chi connectivity index (χ2n) is 5.31. The van der Waals surface area contributed by atoms with Gasteiger partial charge < -0.3 is 15.5 Å². The number of aliphatic hydroxyl groups is 1. The summed E-state index contributed by atoms with van der Waals surface area (Å²) in [6.07, 6.45) is 4.15. The van der Waals surface area contributed by atoms with Crippen LogP contribution < -0.4 is 5.32 Å². The molecule has 4 heteroatoms. The molecule has 0 spiro atoms. The summed E-state index contributed by atoms with van der Waals surface area (Å²) in [6, 6.07) is 4.76. The molecule has 0 aliphatic heterocycles. The van der Waals surface area contributed by atoms with Gasteiger partial charge in [0.1, 0.15) is 5.75 Å². The van der Waals surface area contributed by atoms with E-state index in [4.69, 9.17) is 0 Å². The Bertz CT molecular complexity index is 459. The smallest absolute Gasteiger partial charge is 0.255 e. The molecule has 2 unspecified atom stereocenters. The predicted octanol–water partition coefficient (Wildman–Crippen LogP) is 2.12. The molecule has 0 aromatic heterocycles. The third-order valence-corrected chi connectivity index (χ3v) is 3.69. The highest BCUT2D eigenvalue weighted by atomic mass is 16.3. The van der Waals surface area contributed by atoms with E-state index in [1.54, 1.807) is 18.2 Å². The third kappa shape index (κ3) is 3.47. The Morgan fingerprint density at radius 2 is 2.00 bits per heavy atom. The number of nitrogens with one attached hydrogen (secondary N) is 1. The van der Waals surface area contributed by atoms with Crippen molar-refractivity contribution >= 4 is 5.91 Å². The van der Waals surface area contributed by atoms with E-state index in [1.807, 2.05) is 6.92 Å². The predicted molar refractivity (Wildman–Crippen MR) is 73.2 cm³/mol. The molecule has 3 N–H and O–H groups in total. The Kier molecular flexibility index (Phi) is 4.43. The molecule has 104 valence electrons. The first-order valence-corrected chi connectivity index (χ1v) is 6.86. The molecule has 1 aromatic rings. The number of phenolic OH excluding ortho intramolecular Hbond substituents is 1. The maximum Gasteiger partial charge on any atom is 0.255 e. The van der Waals surface area contributed by atoms with E-state index in [0.29, 0.717) is 0 Å². The molecule has 1 fully saturated rings. The molecule has 0 heterocycles. The van der Waals surface area contributed by atoms with Crippen molar-refractivity contribution in [2.75, 3.05) is 0 Å². The van der Waals surface area contributed by atoms with Crippen LogP contribution in [0.25, 0.3) is 0 Å². The fraction of sp³-hybridized carbons (Fsp3) is 0.533. The number of hydrogen-bond donors (Lipinski definition) is 3. The molecule has 0 radical (unpaired) electrons. The van der Waals surface area contributed by atoms with E-state index in [9.17, 15) is 15.0 Å². The number of amides is 1. The van der Waals surface area contributed by atoms with Crippen molar-refractivity contribution in [1.82, 2.24) is 5.32 Å². The van der Waals surface area contributed by atoms with Crippen molar-refractivity contribution in [3.05, 3.63) is 29.3 Å². The number of phenols is 1. The standard InChI is InChI=1S/C15H21NO3/c1-10-7-8-11(14(18)9-10)15(19)16-12-5-3-2-4-6-13(12)17/h7-9,12-13,17-18H,2-6H2,1H3,(H,16,19). The first-order chi connectivity index (χ1) is 9.08. The number of carbonyl (C=O) groups is 1. The van der Waals surface area contributed by atoms with Gasteiger partial charge in [0, 0.05) is 0 Å². The molecule has 19 heavy (non-hydrogen) atoms. The average Bonchev–Trinajstić information content (AvgIpc) is 2.55. The van der Waals surface area contributed by atoms with Gasteiger partial charge in [-0.3, -0.25) is 4.79 Å². The van der Waals surface area contributed by atoms with Gasteiger partial charge in [0.25, 0.3) is 5.91 Å². The van der Waals surface area contributed by atoms with E-state index in [-0.39, 0.29) is 23.3 Å². The fourth-order valence-electron chi connectivity index (χ4n) is 2.54. The lowest BCUT2D eigenvalue weighted by Gasteiger charge is -2.22. The summed E-state index contributed by atoms with van der Waals surface area (Å²) in [5, 5.41) is 22.6. The van der Waals surface area contributed by atoms with Crippen LogP contribution in [-0.2, 0) is 0 Å². The number of aromatic hydroxyl groups is 1. The molecule has 1 aliphatic rings. The van der Waals surface area contributed by atoms with Gasteiger partial charge in [-0.25, -0.2) is 0 Å². The zero-order chi connectivity index (χ0) is 13.8. The summed E-state index contributed by atoms with van der Waals surface area (Å²) in [5.74, 6) is -0.330. The van der Waals surface area contributed by atoms with E-state index >= 15 is 0 Å². The number of benzene rings is 1. The Morgan fingerprint density at radius 3 is 2.74 bits per heavy atom. The van der Waals surface area contributed by atoms with E-state index in [0.717, 1.165) is 37.7 Å². The van der Waals surface area contributed by atoms with Gasteiger partial charge in [-0.05, 0) is 37.5 Å². The van der Waals surface area contributed by atoms with E-state index < -0.39 is 6.10 Å². The van der Waals surface area contributed by atoms with Gasteiger partial charge in [0.15, 0.2) is 0 Å². The second kappa shape index (κ2) is 6.06. The SMILES string of the molecule is Cc1ccc(C(=O)NC2CCCCCC2O)c(O)c1. The minimum absolute atomic E-state index is 0.0133. The molecular formula is C15H21NO3. The summed E-state index contributed by atoms with van der Waals surface area (Å²) in [7, 11) is 0. The van der Waals surface area contributed by atoms with Crippen LogP contribution in [0.4, 0.5) is 0 Å². The first kappa shape index (κ1) is 13.9. The normalized spacial score (nSPS) is 23.7. The lowest BCUT2D eigenvalue weighted by atomic mass is 10.0. The molecule has 0 saturated heterocycles. The summed E-state index contributed by atoms with van der Waals surface area (Å²) >= 11 is 0. The van der Waals surface area contributed by atoms with Crippen molar-refractivity contribution in [2.45, 2.75) is 51.2 Å². The Balaban J connectivity index is 2.07. The molecule has 2 rings (SSSR count). The van der Waals surface area contributed by atoms with Gasteiger partial charge in [-0.15, -0.1) is 0 Å². The van der Waals surface area contributed by atoms with Crippen LogP contribution in [0.2, 0.25) is 0 Å². The molecule has 1 amide bonds. The molecule has 1 aliphatic carbocycles. The summed E-state index contributed by atoms with van der Waals surface area (Å²) in [5.41, 5.74) is 1.17. The van der Waals surface area contributed by atoms with Gasteiger partial charge in [0.05, 0.1) is 17.7 Å². The molecule has 1 saturated carbocycles. The van der Waals surface area contributed by atoms with E-state index in [1.165, 1.54) is 0 Å². The number of hydrogen-bond acceptors (Lipinski definition) is 3. The number of carbonyl (C=O) groups excluding carboxylic acids is 1. The fourth-order valence-corrected chi connectivity index (χ4v) is 2.54. The van der Waals surface area contributed by atoms with Crippen molar-refractivity contribution < 1.29 is 15.0 Å². The minimum Gasteiger partial charge on any atom is -0.507 e. The van der Waals surface area contributed by atoms with Crippen LogP contribution in [0.5, 0.6) is 5.75 Å². The lowest BCUT2D eigenvalue weighted by Crippen LogP contribution is -2.42. The molecule has 2 atom stereocenters. The van der Waals surface area contributed by atoms with Crippen LogP contribution in [0.15, 0.2) is 18.2 Å². The number of rotatable bonds is 2. The van der Waals surface area contributed by atoms with Gasteiger partial charge >= 0.3 is 0 Å². The number of aryl methyl sites for hydroxylation is 1. The lowest BCUT2D eigenvalue weighted by molar-refractivity contribution is 0.0816. The highest BCUT2D eigenvalue weighted by Crippen LogP contribution is 2.21.